The Kier molecular flexibility index (Phi) is 9.95. The van der Waals surface area contributed by atoms with Crippen LogP contribution in [0.1, 0.15) is 71.2 Å². The van der Waals surface area contributed by atoms with Crippen molar-refractivity contribution >= 4 is 41.0 Å². The highest BCUT2D eigenvalue weighted by Gasteiger charge is 2.36. The summed E-state index contributed by atoms with van der Waals surface area (Å²) in [5.41, 5.74) is 2.11. The zero-order valence-corrected chi connectivity index (χ0v) is 24.7. The molecule has 208 valence electrons. The van der Waals surface area contributed by atoms with Gasteiger partial charge in [0.2, 0.25) is 5.91 Å². The zero-order valence-electron chi connectivity index (χ0n) is 23.1. The maximum Gasteiger partial charge on any atom is 0.407 e. The summed E-state index contributed by atoms with van der Waals surface area (Å²) in [6, 6.07) is 6.35. The maximum atomic E-state index is 12.5. The third-order valence-electron chi connectivity index (χ3n) is 6.78. The number of nitrogens with zero attached hydrogens (tertiary/aromatic N) is 2. The Balaban J connectivity index is 1.39. The predicted octanol–water partition coefficient (Wildman–Crippen LogP) is 5.87. The SMILES string of the molecule is CCNSc1cc(N[C@@H]2CN(CC(C)C)C2=O)ccc1-c1cnc(C2CCC(NC(=O)OC(C)C)CC2)s1. The van der Waals surface area contributed by atoms with E-state index in [0.717, 1.165) is 71.3 Å². The topological polar surface area (TPSA) is 95.6 Å². The monoisotopic (exact) mass is 559 g/mol. The number of hydrogen-bond acceptors (Lipinski definition) is 8. The Labute approximate surface area is 234 Å². The molecule has 2 fully saturated rings. The quantitative estimate of drug-likeness (QED) is 0.234. The van der Waals surface area contributed by atoms with E-state index in [9.17, 15) is 9.59 Å². The van der Waals surface area contributed by atoms with E-state index in [0.29, 0.717) is 11.8 Å². The molecule has 3 N–H and O–H groups in total. The van der Waals surface area contributed by atoms with Crippen molar-refractivity contribution in [2.75, 3.05) is 25.0 Å². The molecular weight excluding hydrogens is 518 g/mol. The number of carbonyl (C=O) groups is 2. The predicted molar refractivity (Wildman–Crippen MR) is 156 cm³/mol. The first-order valence-corrected chi connectivity index (χ1v) is 15.4. The number of aromatic nitrogens is 1. The van der Waals surface area contributed by atoms with E-state index < -0.39 is 0 Å². The number of β-lactam (4-membered cyclic amide) rings is 1. The van der Waals surface area contributed by atoms with E-state index in [4.69, 9.17) is 9.72 Å². The lowest BCUT2D eigenvalue weighted by Gasteiger charge is -2.40. The summed E-state index contributed by atoms with van der Waals surface area (Å²) in [4.78, 5) is 33.5. The summed E-state index contributed by atoms with van der Waals surface area (Å²) < 4.78 is 8.60. The molecule has 1 aromatic carbocycles. The molecule has 8 nitrogen and oxygen atoms in total. The van der Waals surface area contributed by atoms with Crippen LogP contribution >= 0.6 is 23.3 Å². The fourth-order valence-electron chi connectivity index (χ4n) is 4.96. The fraction of sp³-hybridized carbons (Fsp3) is 0.607. The standard InChI is InChI=1S/C28H41N5O3S2/c1-6-30-38-24-13-21(31-23-16-33(27(23)34)15-17(2)3)11-12-22(24)25-14-29-26(37-25)19-7-9-20(10-8-19)32-28(35)36-18(4)5/h11-14,17-20,23,30-31H,6-10,15-16H2,1-5H3,(H,32,35)/t19?,20?,23-/m1/s1. The van der Waals surface area contributed by atoms with Gasteiger partial charge in [0, 0.05) is 53.9 Å². The Hall–Kier alpha value is -2.30. The molecule has 10 heteroatoms. The van der Waals surface area contributed by atoms with Crippen LogP contribution in [0.25, 0.3) is 10.4 Å². The molecule has 1 aliphatic carbocycles. The largest absolute Gasteiger partial charge is 0.447 e. The number of likely N-dealkylation sites (tertiary alicyclic amines) is 1. The molecule has 1 saturated carbocycles. The molecular formula is C28H41N5O3S2. The van der Waals surface area contributed by atoms with Crippen LogP contribution in [0, 0.1) is 5.92 Å². The number of benzene rings is 1. The van der Waals surface area contributed by atoms with Crippen LogP contribution in [0.2, 0.25) is 0 Å². The molecule has 0 unspecified atom stereocenters. The average molecular weight is 560 g/mol. The average Bonchev–Trinajstić information content (AvgIpc) is 3.36. The summed E-state index contributed by atoms with van der Waals surface area (Å²) in [7, 11) is 0. The number of rotatable bonds is 11. The van der Waals surface area contributed by atoms with Crippen LogP contribution in [0.3, 0.4) is 0 Å². The van der Waals surface area contributed by atoms with Gasteiger partial charge in [-0.3, -0.25) is 9.52 Å². The van der Waals surface area contributed by atoms with Crippen molar-refractivity contribution in [3.63, 3.8) is 0 Å². The van der Waals surface area contributed by atoms with Crippen LogP contribution in [0.4, 0.5) is 10.5 Å². The number of carbonyl (C=O) groups excluding carboxylic acids is 2. The minimum Gasteiger partial charge on any atom is -0.447 e. The van der Waals surface area contributed by atoms with Gasteiger partial charge in [-0.1, -0.05) is 26.8 Å². The van der Waals surface area contributed by atoms with Crippen molar-refractivity contribution < 1.29 is 14.3 Å². The minimum atomic E-state index is -0.321. The smallest absolute Gasteiger partial charge is 0.407 e. The van der Waals surface area contributed by atoms with Gasteiger partial charge in [0.05, 0.1) is 16.0 Å². The fourth-order valence-corrected chi connectivity index (χ4v) is 6.93. The first kappa shape index (κ1) is 28.7. The highest BCUT2D eigenvalue weighted by molar-refractivity contribution is 7.97. The van der Waals surface area contributed by atoms with Gasteiger partial charge < -0.3 is 20.3 Å². The number of hydrogen-bond donors (Lipinski definition) is 3. The lowest BCUT2D eigenvalue weighted by molar-refractivity contribution is -0.141. The number of amides is 2. The number of anilines is 1. The van der Waals surface area contributed by atoms with Crippen molar-refractivity contribution in [1.29, 1.82) is 0 Å². The van der Waals surface area contributed by atoms with E-state index in [-0.39, 0.29) is 30.2 Å². The van der Waals surface area contributed by atoms with Crippen molar-refractivity contribution in [2.24, 2.45) is 5.92 Å². The highest BCUT2D eigenvalue weighted by atomic mass is 32.2. The van der Waals surface area contributed by atoms with Crippen LogP contribution in [-0.2, 0) is 9.53 Å². The van der Waals surface area contributed by atoms with E-state index in [1.807, 2.05) is 24.9 Å². The zero-order chi connectivity index (χ0) is 27.2. The normalized spacial score (nSPS) is 21.5. The van der Waals surface area contributed by atoms with Gasteiger partial charge in [-0.05, 0) is 69.5 Å². The lowest BCUT2D eigenvalue weighted by atomic mass is 9.86. The van der Waals surface area contributed by atoms with Crippen molar-refractivity contribution in [3.8, 4) is 10.4 Å². The Morgan fingerprint density at radius 2 is 1.97 bits per heavy atom. The first-order valence-electron chi connectivity index (χ1n) is 13.8. The third-order valence-corrected chi connectivity index (χ3v) is 8.96. The van der Waals surface area contributed by atoms with Gasteiger partial charge in [-0.15, -0.1) is 11.3 Å². The lowest BCUT2D eigenvalue weighted by Crippen LogP contribution is -2.60. The van der Waals surface area contributed by atoms with Crippen molar-refractivity contribution in [3.05, 3.63) is 29.4 Å². The molecule has 2 amide bonds. The number of alkyl carbamates (subject to hydrolysis) is 1. The Morgan fingerprint density at radius 3 is 2.63 bits per heavy atom. The van der Waals surface area contributed by atoms with Crippen LogP contribution in [0.5, 0.6) is 0 Å². The van der Waals surface area contributed by atoms with E-state index in [1.165, 1.54) is 0 Å². The molecule has 2 heterocycles. The van der Waals surface area contributed by atoms with Crippen LogP contribution < -0.4 is 15.4 Å². The molecule has 2 aliphatic rings. The van der Waals surface area contributed by atoms with Gasteiger partial charge in [0.25, 0.3) is 0 Å². The third kappa shape index (κ3) is 7.42. The Bertz CT molecular complexity index is 1100. The minimum absolute atomic E-state index is 0.110. The number of nitrogens with one attached hydrogen (secondary N) is 3. The molecule has 0 spiro atoms. The molecule has 1 aromatic heterocycles. The van der Waals surface area contributed by atoms with E-state index in [2.05, 4.69) is 54.3 Å². The molecule has 0 bridgehead atoms. The summed E-state index contributed by atoms with van der Waals surface area (Å²) >= 11 is 3.37. The summed E-state index contributed by atoms with van der Waals surface area (Å²) in [6.45, 7) is 12.5. The first-order chi connectivity index (χ1) is 18.2. The second kappa shape index (κ2) is 13.2. The maximum absolute atomic E-state index is 12.5. The van der Waals surface area contributed by atoms with Crippen LogP contribution in [-0.4, -0.2) is 59.7 Å². The molecule has 1 saturated heterocycles. The van der Waals surface area contributed by atoms with Gasteiger partial charge in [-0.2, -0.15) is 0 Å². The van der Waals surface area contributed by atoms with E-state index >= 15 is 0 Å². The second-order valence-corrected chi connectivity index (χ2v) is 12.8. The number of thiazole rings is 1. The summed E-state index contributed by atoms with van der Waals surface area (Å²) in [5, 5.41) is 7.59. The highest BCUT2D eigenvalue weighted by Crippen LogP contribution is 2.40. The molecule has 2 aromatic rings. The van der Waals surface area contributed by atoms with E-state index in [1.54, 1.807) is 23.3 Å². The van der Waals surface area contributed by atoms with Gasteiger partial charge in [-0.25, -0.2) is 9.78 Å². The Morgan fingerprint density at radius 1 is 1.21 bits per heavy atom. The molecule has 1 aliphatic heterocycles. The van der Waals surface area contributed by atoms with Crippen LogP contribution in [0.15, 0.2) is 29.3 Å². The molecule has 38 heavy (non-hydrogen) atoms. The summed E-state index contributed by atoms with van der Waals surface area (Å²) in [5.74, 6) is 1.07. The molecule has 1 atom stereocenters. The second-order valence-electron chi connectivity index (χ2n) is 10.9. The van der Waals surface area contributed by atoms with Gasteiger partial charge in [0.15, 0.2) is 0 Å². The van der Waals surface area contributed by atoms with Crippen molar-refractivity contribution in [1.82, 2.24) is 19.9 Å². The summed E-state index contributed by atoms with van der Waals surface area (Å²) in [6.07, 6.45) is 5.43. The van der Waals surface area contributed by atoms with Crippen molar-refractivity contribution in [2.45, 2.75) is 89.3 Å². The van der Waals surface area contributed by atoms with Gasteiger partial charge in [0.1, 0.15) is 6.04 Å². The molecule has 0 radical (unpaired) electrons. The van der Waals surface area contributed by atoms with Gasteiger partial charge >= 0.3 is 6.09 Å². The number of ether oxygens (including phenoxy) is 1. The molecule has 4 rings (SSSR count).